The van der Waals surface area contributed by atoms with E-state index in [0.717, 1.165) is 24.8 Å². The van der Waals surface area contributed by atoms with Gasteiger partial charge in [0.25, 0.3) is 0 Å². The Hall–Kier alpha value is -1.03. The summed E-state index contributed by atoms with van der Waals surface area (Å²) in [4.78, 5) is 26.8. The van der Waals surface area contributed by atoms with Gasteiger partial charge in [-0.3, -0.25) is 9.59 Å². The van der Waals surface area contributed by atoms with Crippen molar-refractivity contribution in [1.82, 2.24) is 0 Å². The van der Waals surface area contributed by atoms with Crippen LogP contribution in [0.5, 0.6) is 0 Å². The molecule has 200 valence electrons. The standard InChI is InChI=1S/C28H50O5Si2/c1-14-19(2)18-21(30)23-27(6)17-15-16-26(4,5)24(27)22(32-34(8,9)10)25(31-20(3)29)28(23,7)33-35(11,12)13/h14,18,22-25H,1,15-17H2,2-13H3/b19-18+/t22-,23+,24-,25-,27+,28-/m0/s1. The van der Waals surface area contributed by atoms with Gasteiger partial charge in [0, 0.05) is 6.92 Å². The highest BCUT2D eigenvalue weighted by molar-refractivity contribution is 6.70. The van der Waals surface area contributed by atoms with Gasteiger partial charge in [0.1, 0.15) is 5.60 Å². The van der Waals surface area contributed by atoms with Crippen LogP contribution in [0.1, 0.15) is 60.8 Å². The predicted octanol–water partition coefficient (Wildman–Crippen LogP) is 6.91. The molecule has 0 amide bonds. The third kappa shape index (κ3) is 6.46. The molecule has 0 N–H and O–H groups in total. The van der Waals surface area contributed by atoms with Crippen LogP contribution in [0.3, 0.4) is 0 Å². The first kappa shape index (κ1) is 30.2. The Bertz CT molecular complexity index is 866. The van der Waals surface area contributed by atoms with Crippen molar-refractivity contribution in [2.24, 2.45) is 22.7 Å². The van der Waals surface area contributed by atoms with Gasteiger partial charge in [-0.15, -0.1) is 0 Å². The Kier molecular flexibility index (Phi) is 8.65. The third-order valence-corrected chi connectivity index (χ3v) is 9.83. The summed E-state index contributed by atoms with van der Waals surface area (Å²) in [6.07, 6.45) is 5.37. The molecule has 0 aromatic rings. The lowest BCUT2D eigenvalue weighted by molar-refractivity contribution is -0.256. The van der Waals surface area contributed by atoms with Crippen molar-refractivity contribution in [2.45, 2.75) is 118 Å². The van der Waals surface area contributed by atoms with Crippen molar-refractivity contribution in [3.63, 3.8) is 0 Å². The van der Waals surface area contributed by atoms with Crippen molar-refractivity contribution >= 4 is 28.4 Å². The molecule has 0 radical (unpaired) electrons. The summed E-state index contributed by atoms with van der Waals surface area (Å²) in [6.45, 7) is 28.9. The van der Waals surface area contributed by atoms with Crippen LogP contribution in [0.2, 0.25) is 39.3 Å². The highest BCUT2D eigenvalue weighted by Gasteiger charge is 2.70. The first-order chi connectivity index (χ1) is 15.7. The predicted molar refractivity (Wildman–Crippen MR) is 148 cm³/mol. The first-order valence-corrected chi connectivity index (χ1v) is 19.9. The highest BCUT2D eigenvalue weighted by Crippen LogP contribution is 2.64. The molecule has 7 heteroatoms. The molecule has 0 heterocycles. The normalized spacial score (nSPS) is 35.7. The van der Waals surface area contributed by atoms with E-state index >= 15 is 0 Å². The number of allylic oxidation sites excluding steroid dienone is 3. The maximum atomic E-state index is 14.2. The summed E-state index contributed by atoms with van der Waals surface area (Å²) < 4.78 is 20.1. The topological polar surface area (TPSA) is 61.8 Å². The molecule has 2 fully saturated rings. The minimum atomic E-state index is -2.19. The first-order valence-electron chi connectivity index (χ1n) is 13.1. The molecule has 2 aliphatic carbocycles. The van der Waals surface area contributed by atoms with Gasteiger partial charge in [-0.1, -0.05) is 39.8 Å². The van der Waals surface area contributed by atoms with E-state index < -0.39 is 34.3 Å². The van der Waals surface area contributed by atoms with Gasteiger partial charge in [0.05, 0.1) is 12.0 Å². The van der Waals surface area contributed by atoms with Crippen LogP contribution >= 0.6 is 0 Å². The monoisotopic (exact) mass is 522 g/mol. The second-order valence-electron chi connectivity index (χ2n) is 13.9. The Labute approximate surface area is 216 Å². The quantitative estimate of drug-likeness (QED) is 0.150. The molecule has 6 atom stereocenters. The van der Waals surface area contributed by atoms with Gasteiger partial charge in [-0.05, 0) is 94.4 Å². The fourth-order valence-electron chi connectivity index (χ4n) is 7.24. The molecule has 0 aliphatic heterocycles. The van der Waals surface area contributed by atoms with E-state index in [1.54, 1.807) is 12.2 Å². The molecule has 2 saturated carbocycles. The zero-order valence-electron chi connectivity index (χ0n) is 24.3. The molecule has 2 aliphatic rings. The molecule has 5 nitrogen and oxygen atoms in total. The van der Waals surface area contributed by atoms with E-state index in [2.05, 4.69) is 66.6 Å². The molecule has 0 aromatic heterocycles. The Morgan fingerprint density at radius 2 is 1.51 bits per heavy atom. The lowest BCUT2D eigenvalue weighted by atomic mass is 9.43. The molecular formula is C28H50O5Si2. The van der Waals surface area contributed by atoms with E-state index in [1.165, 1.54) is 6.92 Å². The molecule has 0 bridgehead atoms. The van der Waals surface area contributed by atoms with Crippen molar-refractivity contribution in [3.8, 4) is 0 Å². The number of ketones is 1. The number of carbonyl (C=O) groups excluding carboxylic acids is 2. The van der Waals surface area contributed by atoms with Gasteiger partial charge >= 0.3 is 5.97 Å². The Balaban J connectivity index is 2.94. The van der Waals surface area contributed by atoms with Crippen molar-refractivity contribution in [3.05, 3.63) is 24.3 Å². The highest BCUT2D eigenvalue weighted by atomic mass is 28.4. The van der Waals surface area contributed by atoms with Gasteiger partial charge < -0.3 is 13.6 Å². The lowest BCUT2D eigenvalue weighted by Crippen LogP contribution is -2.74. The van der Waals surface area contributed by atoms with E-state index in [4.69, 9.17) is 13.6 Å². The number of hydrogen-bond acceptors (Lipinski definition) is 5. The smallest absolute Gasteiger partial charge is 0.303 e. The molecule has 0 aromatic carbocycles. The number of ether oxygens (including phenoxy) is 1. The van der Waals surface area contributed by atoms with Gasteiger partial charge in [0.2, 0.25) is 0 Å². The molecule has 0 saturated heterocycles. The summed E-state index contributed by atoms with van der Waals surface area (Å²) in [5.74, 6) is -0.792. The minimum Gasteiger partial charge on any atom is -0.457 e. The molecule has 0 spiro atoms. The summed E-state index contributed by atoms with van der Waals surface area (Å²) in [7, 11) is -4.24. The molecule has 0 unspecified atom stereocenters. The number of rotatable bonds is 8. The minimum absolute atomic E-state index is 0.0250. The van der Waals surface area contributed by atoms with Crippen molar-refractivity contribution < 1.29 is 23.2 Å². The van der Waals surface area contributed by atoms with Gasteiger partial charge in [-0.25, -0.2) is 0 Å². The second-order valence-corrected chi connectivity index (χ2v) is 22.8. The largest absolute Gasteiger partial charge is 0.457 e. The lowest BCUT2D eigenvalue weighted by Gasteiger charge is -2.66. The van der Waals surface area contributed by atoms with Crippen LogP contribution in [-0.2, 0) is 23.2 Å². The zero-order chi connectivity index (χ0) is 27.2. The van der Waals surface area contributed by atoms with Gasteiger partial charge in [0.15, 0.2) is 28.5 Å². The van der Waals surface area contributed by atoms with Crippen LogP contribution in [0, 0.1) is 22.7 Å². The number of esters is 1. The van der Waals surface area contributed by atoms with Crippen LogP contribution in [-0.4, -0.2) is 46.2 Å². The van der Waals surface area contributed by atoms with Crippen LogP contribution in [0.15, 0.2) is 24.3 Å². The third-order valence-electron chi connectivity index (χ3n) is 7.80. The number of fused-ring (bicyclic) bond motifs is 1. The maximum absolute atomic E-state index is 14.2. The average Bonchev–Trinajstić information content (AvgIpc) is 2.60. The number of carbonyl (C=O) groups is 2. The molecule has 35 heavy (non-hydrogen) atoms. The Morgan fingerprint density at radius 3 is 1.97 bits per heavy atom. The summed E-state index contributed by atoms with van der Waals surface area (Å²) in [5, 5.41) is 0. The molecule has 2 rings (SSSR count). The van der Waals surface area contributed by atoms with E-state index in [0.29, 0.717) is 0 Å². The van der Waals surface area contributed by atoms with Crippen LogP contribution in [0.25, 0.3) is 0 Å². The van der Waals surface area contributed by atoms with Crippen molar-refractivity contribution in [2.75, 3.05) is 0 Å². The number of hydrogen-bond donors (Lipinski definition) is 0. The summed E-state index contributed by atoms with van der Waals surface area (Å²) in [5.41, 5.74) is -0.670. The SMILES string of the molecule is C=C/C(C)=C/C(=O)[C@@H]1[C@@]2(C)CCCC(C)(C)[C@@H]2[C@H](O[Si](C)(C)C)[C@H](OC(C)=O)[C@@]1(C)O[Si](C)(C)C. The van der Waals surface area contributed by atoms with Crippen LogP contribution < -0.4 is 0 Å². The summed E-state index contributed by atoms with van der Waals surface area (Å²) in [6, 6.07) is 0. The van der Waals surface area contributed by atoms with E-state index in [9.17, 15) is 9.59 Å². The van der Waals surface area contributed by atoms with E-state index in [1.807, 2.05) is 13.8 Å². The van der Waals surface area contributed by atoms with Crippen LogP contribution in [0.4, 0.5) is 0 Å². The summed E-state index contributed by atoms with van der Waals surface area (Å²) >= 11 is 0. The second kappa shape index (κ2) is 10.0. The fraction of sp³-hybridized carbons (Fsp3) is 0.786. The molecular weight excluding hydrogens is 472 g/mol. The fourth-order valence-corrected chi connectivity index (χ4v) is 9.87. The van der Waals surface area contributed by atoms with Crippen molar-refractivity contribution in [1.29, 1.82) is 0 Å². The van der Waals surface area contributed by atoms with Gasteiger partial charge in [-0.2, -0.15) is 0 Å². The zero-order valence-corrected chi connectivity index (χ0v) is 26.3. The Morgan fingerprint density at radius 1 is 0.943 bits per heavy atom. The van der Waals surface area contributed by atoms with E-state index in [-0.39, 0.29) is 34.6 Å². The maximum Gasteiger partial charge on any atom is 0.303 e. The average molecular weight is 523 g/mol.